The van der Waals surface area contributed by atoms with Gasteiger partial charge in [0.05, 0.1) is 30.2 Å². The molecule has 0 spiro atoms. The third-order valence-electron chi connectivity index (χ3n) is 5.47. The van der Waals surface area contributed by atoms with Crippen LogP contribution in [0.25, 0.3) is 0 Å². The van der Waals surface area contributed by atoms with E-state index in [2.05, 4.69) is 5.32 Å². The zero-order valence-electron chi connectivity index (χ0n) is 18.9. The molecule has 2 N–H and O–H groups in total. The van der Waals surface area contributed by atoms with Crippen molar-refractivity contribution < 1.29 is 24.2 Å². The molecule has 2 rings (SSSR count). The number of likely N-dealkylation sites (tertiary alicyclic amines) is 1. The number of amides is 2. The average Bonchev–Trinajstić information content (AvgIpc) is 3.16. The number of rotatable bonds is 7. The number of hydrogen-bond donors (Lipinski definition) is 2. The molecule has 2 amide bonds. The fourth-order valence-electron chi connectivity index (χ4n) is 3.90. The zero-order chi connectivity index (χ0) is 22.5. The minimum absolute atomic E-state index is 0.222. The van der Waals surface area contributed by atoms with E-state index in [-0.39, 0.29) is 18.0 Å². The molecule has 5 atom stereocenters. The molecule has 1 aliphatic heterocycles. The van der Waals surface area contributed by atoms with Gasteiger partial charge in [-0.3, -0.25) is 4.79 Å². The highest BCUT2D eigenvalue weighted by Gasteiger charge is 2.41. The lowest BCUT2D eigenvalue weighted by Crippen LogP contribution is -2.51. The standard InChI is InChI=1S/C23H36N2O5/c1-15(21(27)24-16(2)19(26)17-11-8-7-9-12-17)20(29-6)18-13-10-14-25(18)22(28)30-23(3,4)5/h7-9,11-12,15-16,18-20,26H,10,13-14H2,1-6H3,(H,24,27)/t15-,16-,18+,19-,20?/m1/s1. The zero-order valence-corrected chi connectivity index (χ0v) is 18.9. The normalized spacial score (nSPS) is 20.9. The fraction of sp³-hybridized carbons (Fsp3) is 0.652. The maximum absolute atomic E-state index is 12.9. The molecule has 1 aromatic rings. The second-order valence-electron chi connectivity index (χ2n) is 9.03. The summed E-state index contributed by atoms with van der Waals surface area (Å²) in [6.45, 7) is 9.64. The van der Waals surface area contributed by atoms with Crippen LogP contribution in [0.4, 0.5) is 4.79 Å². The Morgan fingerprint density at radius 2 is 1.83 bits per heavy atom. The van der Waals surface area contributed by atoms with Crippen molar-refractivity contribution >= 4 is 12.0 Å². The lowest BCUT2D eigenvalue weighted by Gasteiger charge is -2.35. The quantitative estimate of drug-likeness (QED) is 0.707. The lowest BCUT2D eigenvalue weighted by atomic mass is 9.94. The molecule has 1 aliphatic rings. The lowest BCUT2D eigenvalue weighted by molar-refractivity contribution is -0.132. The Morgan fingerprint density at radius 1 is 1.20 bits per heavy atom. The summed E-state index contributed by atoms with van der Waals surface area (Å²) in [5.74, 6) is -0.728. The summed E-state index contributed by atoms with van der Waals surface area (Å²) in [4.78, 5) is 27.2. The van der Waals surface area contributed by atoms with Crippen LogP contribution in [0.3, 0.4) is 0 Å². The van der Waals surface area contributed by atoms with Gasteiger partial charge >= 0.3 is 6.09 Å². The predicted molar refractivity (Wildman–Crippen MR) is 115 cm³/mol. The summed E-state index contributed by atoms with van der Waals surface area (Å²) in [6, 6.07) is 8.52. The first-order chi connectivity index (χ1) is 14.0. The first kappa shape index (κ1) is 24.2. The largest absolute Gasteiger partial charge is 0.444 e. The third kappa shape index (κ3) is 6.19. The molecular formula is C23H36N2O5. The van der Waals surface area contributed by atoms with E-state index in [1.165, 1.54) is 0 Å². The van der Waals surface area contributed by atoms with E-state index in [9.17, 15) is 14.7 Å². The monoisotopic (exact) mass is 420 g/mol. The number of hydrogen-bond acceptors (Lipinski definition) is 5. The van der Waals surface area contributed by atoms with Gasteiger partial charge in [0, 0.05) is 13.7 Å². The summed E-state index contributed by atoms with van der Waals surface area (Å²) in [5, 5.41) is 13.4. The molecule has 7 heteroatoms. The molecular weight excluding hydrogens is 384 g/mol. The molecule has 30 heavy (non-hydrogen) atoms. The Hall–Kier alpha value is -2.12. The molecule has 7 nitrogen and oxygen atoms in total. The topological polar surface area (TPSA) is 88.1 Å². The number of carbonyl (C=O) groups excluding carboxylic acids is 2. The predicted octanol–water partition coefficient (Wildman–Crippen LogP) is 3.28. The Balaban J connectivity index is 2.04. The maximum atomic E-state index is 12.9. The van der Waals surface area contributed by atoms with Gasteiger partial charge in [-0.05, 0) is 46.1 Å². The van der Waals surface area contributed by atoms with E-state index in [1.807, 2.05) is 51.1 Å². The number of aliphatic hydroxyl groups is 1. The molecule has 1 aromatic carbocycles. The Bertz CT molecular complexity index is 703. The third-order valence-corrected chi connectivity index (χ3v) is 5.47. The minimum atomic E-state index is -0.812. The molecule has 0 aromatic heterocycles. The molecule has 1 saturated heterocycles. The summed E-state index contributed by atoms with van der Waals surface area (Å²) in [7, 11) is 1.56. The van der Waals surface area contributed by atoms with Crippen LogP contribution in [0.15, 0.2) is 30.3 Å². The first-order valence-electron chi connectivity index (χ1n) is 10.6. The van der Waals surface area contributed by atoms with Crippen LogP contribution >= 0.6 is 0 Å². The molecule has 0 aliphatic carbocycles. The van der Waals surface area contributed by atoms with Gasteiger partial charge in [0.25, 0.3) is 0 Å². The van der Waals surface area contributed by atoms with Crippen molar-refractivity contribution in [3.63, 3.8) is 0 Å². The van der Waals surface area contributed by atoms with Crippen LogP contribution in [0.2, 0.25) is 0 Å². The Kier molecular flexibility index (Phi) is 8.26. The number of nitrogens with zero attached hydrogens (tertiary/aromatic N) is 1. The minimum Gasteiger partial charge on any atom is -0.444 e. The molecule has 0 saturated carbocycles. The summed E-state index contributed by atoms with van der Waals surface area (Å²) < 4.78 is 11.2. The van der Waals surface area contributed by atoms with Crippen molar-refractivity contribution in [2.24, 2.45) is 5.92 Å². The molecule has 1 heterocycles. The van der Waals surface area contributed by atoms with E-state index < -0.39 is 29.8 Å². The number of ether oxygens (including phenoxy) is 2. The van der Waals surface area contributed by atoms with Crippen LogP contribution in [-0.2, 0) is 14.3 Å². The van der Waals surface area contributed by atoms with E-state index in [0.717, 1.165) is 18.4 Å². The molecule has 0 radical (unpaired) electrons. The SMILES string of the molecule is COC([C@@H](C)C(=O)N[C@H](C)[C@@H](O)c1ccccc1)[C@@H]1CCCN1C(=O)OC(C)(C)C. The second kappa shape index (κ2) is 10.3. The molecule has 1 fully saturated rings. The van der Waals surface area contributed by atoms with Crippen LogP contribution in [0.1, 0.15) is 59.1 Å². The van der Waals surface area contributed by atoms with E-state index in [1.54, 1.807) is 25.9 Å². The molecule has 1 unspecified atom stereocenters. The highest BCUT2D eigenvalue weighted by atomic mass is 16.6. The van der Waals surface area contributed by atoms with Gasteiger partial charge in [0.15, 0.2) is 0 Å². The fourth-order valence-corrected chi connectivity index (χ4v) is 3.90. The van der Waals surface area contributed by atoms with E-state index >= 15 is 0 Å². The van der Waals surface area contributed by atoms with Gasteiger partial charge in [-0.25, -0.2) is 4.79 Å². The van der Waals surface area contributed by atoms with Gasteiger partial charge in [0.1, 0.15) is 5.60 Å². The van der Waals surface area contributed by atoms with Crippen LogP contribution < -0.4 is 5.32 Å². The summed E-state index contributed by atoms with van der Waals surface area (Å²) in [5.41, 5.74) is 0.159. The summed E-state index contributed by atoms with van der Waals surface area (Å²) in [6.07, 6.45) is -0.0830. The highest BCUT2D eigenvalue weighted by molar-refractivity contribution is 5.79. The van der Waals surface area contributed by atoms with Gasteiger partial charge in [-0.2, -0.15) is 0 Å². The Labute approximate surface area is 179 Å². The number of carbonyl (C=O) groups is 2. The van der Waals surface area contributed by atoms with Crippen molar-refractivity contribution in [3.8, 4) is 0 Å². The number of nitrogens with one attached hydrogen (secondary N) is 1. The molecule has 0 bridgehead atoms. The smallest absolute Gasteiger partial charge is 0.410 e. The van der Waals surface area contributed by atoms with Gasteiger partial charge < -0.3 is 24.8 Å². The van der Waals surface area contributed by atoms with Crippen LogP contribution in [0, 0.1) is 5.92 Å². The van der Waals surface area contributed by atoms with E-state index in [0.29, 0.717) is 6.54 Å². The van der Waals surface area contributed by atoms with Gasteiger partial charge in [0.2, 0.25) is 5.91 Å². The van der Waals surface area contributed by atoms with Crippen molar-refractivity contribution in [2.45, 2.75) is 77.4 Å². The van der Waals surface area contributed by atoms with Crippen molar-refractivity contribution in [1.29, 1.82) is 0 Å². The highest BCUT2D eigenvalue weighted by Crippen LogP contribution is 2.28. The number of methoxy groups -OCH3 is 1. The summed E-state index contributed by atoms with van der Waals surface area (Å²) >= 11 is 0. The van der Waals surface area contributed by atoms with Crippen molar-refractivity contribution in [3.05, 3.63) is 35.9 Å². The van der Waals surface area contributed by atoms with Gasteiger partial charge in [-0.15, -0.1) is 0 Å². The van der Waals surface area contributed by atoms with Gasteiger partial charge in [-0.1, -0.05) is 37.3 Å². The maximum Gasteiger partial charge on any atom is 0.410 e. The molecule has 168 valence electrons. The Morgan fingerprint density at radius 3 is 2.40 bits per heavy atom. The average molecular weight is 421 g/mol. The first-order valence-corrected chi connectivity index (χ1v) is 10.6. The van der Waals surface area contributed by atoms with Crippen LogP contribution in [0.5, 0.6) is 0 Å². The number of aliphatic hydroxyl groups excluding tert-OH is 1. The van der Waals surface area contributed by atoms with Crippen molar-refractivity contribution in [2.75, 3.05) is 13.7 Å². The number of benzene rings is 1. The second-order valence-corrected chi connectivity index (χ2v) is 9.03. The van der Waals surface area contributed by atoms with E-state index in [4.69, 9.17) is 9.47 Å². The van der Waals surface area contributed by atoms with Crippen molar-refractivity contribution in [1.82, 2.24) is 10.2 Å². The van der Waals surface area contributed by atoms with Crippen LogP contribution in [-0.4, -0.2) is 59.5 Å².